The van der Waals surface area contributed by atoms with Gasteiger partial charge in [0.05, 0.1) is 11.1 Å². The Balaban J connectivity index is 1.41. The molecule has 0 radical (unpaired) electrons. The van der Waals surface area contributed by atoms with Gasteiger partial charge < -0.3 is 4.90 Å². The number of amides is 1. The largest absolute Gasteiger partial charge is 0.341 e. The number of nitrogens with zero attached hydrogens (tertiary/aromatic N) is 2. The van der Waals surface area contributed by atoms with Crippen LogP contribution in [-0.2, 0) is 0 Å². The second-order valence-corrected chi connectivity index (χ2v) is 8.95. The molecule has 4 bridgehead atoms. The maximum absolute atomic E-state index is 13.2. The summed E-state index contributed by atoms with van der Waals surface area (Å²) in [6.07, 6.45) is 10.1. The highest BCUT2D eigenvalue weighted by Crippen LogP contribution is 2.60. The molecule has 6 rings (SSSR count). The summed E-state index contributed by atoms with van der Waals surface area (Å²) in [6, 6.07) is 9.82. The van der Waals surface area contributed by atoms with E-state index in [1.807, 2.05) is 42.3 Å². The summed E-state index contributed by atoms with van der Waals surface area (Å²) in [5, 5.41) is 0.965. The van der Waals surface area contributed by atoms with Crippen molar-refractivity contribution < 1.29 is 4.79 Å². The lowest BCUT2D eigenvalue weighted by atomic mass is 9.49. The van der Waals surface area contributed by atoms with Crippen molar-refractivity contribution in [1.29, 1.82) is 0 Å². The summed E-state index contributed by atoms with van der Waals surface area (Å²) in [5.74, 6) is 2.93. The molecule has 130 valence electrons. The number of carbonyl (C=O) groups is 1. The van der Waals surface area contributed by atoms with Crippen molar-refractivity contribution in [3.63, 3.8) is 0 Å². The van der Waals surface area contributed by atoms with Crippen molar-refractivity contribution >= 4 is 16.8 Å². The van der Waals surface area contributed by atoms with E-state index in [2.05, 4.69) is 4.98 Å². The number of carbonyl (C=O) groups excluding carboxylic acids is 1. The molecule has 4 fully saturated rings. The van der Waals surface area contributed by atoms with Crippen molar-refractivity contribution in [2.75, 3.05) is 13.6 Å². The van der Waals surface area contributed by atoms with Crippen LogP contribution in [0.2, 0.25) is 0 Å². The molecule has 0 atom stereocenters. The molecule has 0 spiro atoms. The first-order valence-electron chi connectivity index (χ1n) is 9.71. The third-order valence-corrected chi connectivity index (χ3v) is 6.96. The molecular weight excluding hydrogens is 308 g/mol. The highest BCUT2D eigenvalue weighted by molar-refractivity contribution is 6.05. The molecule has 3 nitrogen and oxygen atoms in total. The molecule has 4 saturated carbocycles. The number of pyridine rings is 1. The van der Waals surface area contributed by atoms with E-state index in [0.717, 1.165) is 40.8 Å². The summed E-state index contributed by atoms with van der Waals surface area (Å²) in [5.41, 5.74) is 2.08. The van der Waals surface area contributed by atoms with Gasteiger partial charge in [-0.2, -0.15) is 0 Å². The van der Waals surface area contributed by atoms with Crippen molar-refractivity contribution in [3.8, 4) is 0 Å². The maximum atomic E-state index is 13.2. The Morgan fingerprint density at radius 3 is 2.40 bits per heavy atom. The highest BCUT2D eigenvalue weighted by atomic mass is 16.2. The number of rotatable bonds is 3. The SMILES string of the molecule is CN(CC12CC3CC(CC(C3)C1)C2)C(=O)c1ccnc2ccccc12. The summed E-state index contributed by atoms with van der Waals surface area (Å²) in [4.78, 5) is 19.6. The van der Waals surface area contributed by atoms with Gasteiger partial charge in [-0.1, -0.05) is 18.2 Å². The van der Waals surface area contributed by atoms with Crippen LogP contribution in [0, 0.1) is 23.2 Å². The molecule has 4 aliphatic carbocycles. The minimum absolute atomic E-state index is 0.148. The van der Waals surface area contributed by atoms with Crippen LogP contribution in [0.15, 0.2) is 36.5 Å². The fourth-order valence-corrected chi connectivity index (χ4v) is 6.55. The van der Waals surface area contributed by atoms with Gasteiger partial charge in [-0.3, -0.25) is 9.78 Å². The molecule has 1 amide bonds. The predicted octanol–water partition coefficient (Wildman–Crippen LogP) is 4.52. The molecule has 0 N–H and O–H groups in total. The minimum Gasteiger partial charge on any atom is -0.341 e. The van der Waals surface area contributed by atoms with Crippen LogP contribution in [0.1, 0.15) is 48.9 Å². The van der Waals surface area contributed by atoms with Crippen LogP contribution in [0.25, 0.3) is 10.9 Å². The standard InChI is InChI=1S/C22H26N2O/c1-24(14-22-11-15-8-16(12-22)10-17(9-15)13-22)21(25)19-6-7-23-20-5-3-2-4-18(19)20/h2-7,15-17H,8-14H2,1H3. The number of aromatic nitrogens is 1. The molecule has 3 heteroatoms. The van der Waals surface area contributed by atoms with E-state index in [-0.39, 0.29) is 5.91 Å². The lowest BCUT2D eigenvalue weighted by molar-refractivity contribution is -0.0628. The molecule has 1 aromatic carbocycles. The Morgan fingerprint density at radius 1 is 1.08 bits per heavy atom. The van der Waals surface area contributed by atoms with Gasteiger partial charge in [-0.05, 0) is 73.8 Å². The predicted molar refractivity (Wildman–Crippen MR) is 99.3 cm³/mol. The summed E-state index contributed by atoms with van der Waals surface area (Å²) >= 11 is 0. The Bertz CT molecular complexity index is 787. The van der Waals surface area contributed by atoms with Gasteiger partial charge in [-0.25, -0.2) is 0 Å². The van der Waals surface area contributed by atoms with Gasteiger partial charge in [0.15, 0.2) is 0 Å². The van der Waals surface area contributed by atoms with Crippen LogP contribution in [0.3, 0.4) is 0 Å². The molecule has 4 aliphatic rings. The second-order valence-electron chi connectivity index (χ2n) is 8.95. The Morgan fingerprint density at radius 2 is 1.72 bits per heavy atom. The first-order valence-corrected chi connectivity index (χ1v) is 9.71. The van der Waals surface area contributed by atoms with E-state index in [0.29, 0.717) is 5.41 Å². The summed E-state index contributed by atoms with van der Waals surface area (Å²) in [7, 11) is 2.00. The second kappa shape index (κ2) is 5.55. The summed E-state index contributed by atoms with van der Waals surface area (Å²) in [6.45, 7) is 0.923. The molecule has 25 heavy (non-hydrogen) atoms. The van der Waals surface area contributed by atoms with E-state index < -0.39 is 0 Å². The first kappa shape index (κ1) is 15.4. The third-order valence-electron chi connectivity index (χ3n) is 6.96. The first-order chi connectivity index (χ1) is 12.1. The maximum Gasteiger partial charge on any atom is 0.254 e. The van der Waals surface area contributed by atoms with Crippen molar-refractivity contribution in [1.82, 2.24) is 9.88 Å². The van der Waals surface area contributed by atoms with E-state index in [1.54, 1.807) is 6.20 Å². The molecule has 1 aromatic heterocycles. The number of hydrogen-bond acceptors (Lipinski definition) is 2. The molecule has 0 unspecified atom stereocenters. The number of hydrogen-bond donors (Lipinski definition) is 0. The van der Waals surface area contributed by atoms with Crippen LogP contribution in [0.4, 0.5) is 0 Å². The zero-order valence-electron chi connectivity index (χ0n) is 14.9. The molecule has 0 saturated heterocycles. The van der Waals surface area contributed by atoms with Crippen molar-refractivity contribution in [2.24, 2.45) is 23.2 Å². The number of fused-ring (bicyclic) bond motifs is 1. The third kappa shape index (κ3) is 2.56. The topological polar surface area (TPSA) is 33.2 Å². The molecule has 1 heterocycles. The smallest absolute Gasteiger partial charge is 0.254 e. The Kier molecular flexibility index (Phi) is 3.41. The Labute approximate surface area is 149 Å². The van der Waals surface area contributed by atoms with E-state index in [4.69, 9.17) is 0 Å². The normalized spacial score (nSPS) is 32.9. The molecule has 0 aliphatic heterocycles. The van der Waals surface area contributed by atoms with E-state index in [9.17, 15) is 4.79 Å². The lowest BCUT2D eigenvalue weighted by Gasteiger charge is -2.57. The van der Waals surface area contributed by atoms with Gasteiger partial charge in [0.25, 0.3) is 5.91 Å². The van der Waals surface area contributed by atoms with Crippen molar-refractivity contribution in [2.45, 2.75) is 38.5 Å². The average molecular weight is 334 g/mol. The quantitative estimate of drug-likeness (QED) is 0.826. The Hall–Kier alpha value is -1.90. The average Bonchev–Trinajstić information content (AvgIpc) is 2.59. The van der Waals surface area contributed by atoms with E-state index >= 15 is 0 Å². The van der Waals surface area contributed by atoms with Gasteiger partial charge in [0, 0.05) is 25.2 Å². The van der Waals surface area contributed by atoms with Crippen LogP contribution < -0.4 is 0 Å². The van der Waals surface area contributed by atoms with Gasteiger partial charge >= 0.3 is 0 Å². The zero-order chi connectivity index (χ0) is 17.0. The number of benzene rings is 1. The van der Waals surface area contributed by atoms with Crippen molar-refractivity contribution in [3.05, 3.63) is 42.1 Å². The van der Waals surface area contributed by atoms with E-state index in [1.165, 1.54) is 38.5 Å². The monoisotopic (exact) mass is 334 g/mol. The highest BCUT2D eigenvalue weighted by Gasteiger charge is 2.51. The lowest BCUT2D eigenvalue weighted by Crippen LogP contribution is -2.51. The van der Waals surface area contributed by atoms with Gasteiger partial charge in [0.2, 0.25) is 0 Å². The number of para-hydroxylation sites is 1. The van der Waals surface area contributed by atoms with Crippen LogP contribution >= 0.6 is 0 Å². The molecular formula is C22H26N2O. The van der Waals surface area contributed by atoms with Crippen LogP contribution in [0.5, 0.6) is 0 Å². The minimum atomic E-state index is 0.148. The van der Waals surface area contributed by atoms with Gasteiger partial charge in [0.1, 0.15) is 0 Å². The van der Waals surface area contributed by atoms with Crippen LogP contribution in [-0.4, -0.2) is 29.4 Å². The summed E-state index contributed by atoms with van der Waals surface area (Å²) < 4.78 is 0. The molecule has 2 aromatic rings. The fourth-order valence-electron chi connectivity index (χ4n) is 6.55. The van der Waals surface area contributed by atoms with Gasteiger partial charge in [-0.15, -0.1) is 0 Å². The zero-order valence-corrected chi connectivity index (χ0v) is 14.9. The fraction of sp³-hybridized carbons (Fsp3) is 0.545.